The van der Waals surface area contributed by atoms with E-state index in [9.17, 15) is 4.79 Å². The Bertz CT molecular complexity index is 428. The van der Waals surface area contributed by atoms with Crippen LogP contribution in [0.25, 0.3) is 10.9 Å². The van der Waals surface area contributed by atoms with Crippen molar-refractivity contribution in [3.8, 4) is 0 Å². The molecule has 2 aromatic rings. The van der Waals surface area contributed by atoms with Gasteiger partial charge in [0.15, 0.2) is 0 Å². The maximum absolute atomic E-state index is 10.9. The molecule has 11 heavy (non-hydrogen) atoms. The number of para-hydroxylation sites is 1. The molecule has 0 spiro atoms. The molecule has 0 N–H and O–H groups in total. The Morgan fingerprint density at radius 2 is 2.18 bits per heavy atom. The topological polar surface area (TPSA) is 43.1 Å². The molecule has 0 unspecified atom stereocenters. The number of nitrogens with zero attached hydrogens (tertiary/aromatic N) is 1. The molecule has 2 rings (SSSR count). The van der Waals surface area contributed by atoms with Crippen LogP contribution < -0.4 is 5.63 Å². The van der Waals surface area contributed by atoms with E-state index in [4.69, 9.17) is 0 Å². The van der Waals surface area contributed by atoms with Gasteiger partial charge in [-0.3, -0.25) is 0 Å². The molecular formula is C8H4NO2. The van der Waals surface area contributed by atoms with Crippen LogP contribution in [-0.2, 0) is 0 Å². The van der Waals surface area contributed by atoms with Crippen molar-refractivity contribution in [3.05, 3.63) is 41.1 Å². The van der Waals surface area contributed by atoms with Gasteiger partial charge in [0.2, 0.25) is 0 Å². The quantitative estimate of drug-likeness (QED) is 0.556. The molecule has 0 amide bonds. The summed E-state index contributed by atoms with van der Waals surface area (Å²) in [5.41, 5.74) is 0.222. The van der Waals surface area contributed by atoms with Gasteiger partial charge in [-0.05, 0) is 12.1 Å². The maximum Gasteiger partial charge on any atom is 0.347 e. The largest absolute Gasteiger partial charge is 0.398 e. The highest BCUT2D eigenvalue weighted by molar-refractivity contribution is 5.76. The summed E-state index contributed by atoms with van der Waals surface area (Å²) in [7, 11) is 0. The van der Waals surface area contributed by atoms with E-state index in [0.29, 0.717) is 10.9 Å². The van der Waals surface area contributed by atoms with Crippen LogP contribution in [0, 0.1) is 6.39 Å². The molecule has 53 valence electrons. The first kappa shape index (κ1) is 6.09. The lowest BCUT2D eigenvalue weighted by molar-refractivity contribution is 0.491. The second kappa shape index (κ2) is 2.20. The fourth-order valence-electron chi connectivity index (χ4n) is 0.912. The first-order valence-electron chi connectivity index (χ1n) is 3.14. The summed E-state index contributed by atoms with van der Waals surface area (Å²) in [5, 5.41) is 0.492. The number of benzene rings is 1. The van der Waals surface area contributed by atoms with Crippen LogP contribution in [0.15, 0.2) is 33.5 Å². The van der Waals surface area contributed by atoms with Crippen molar-refractivity contribution in [2.45, 2.75) is 0 Å². The van der Waals surface area contributed by atoms with Crippen molar-refractivity contribution in [2.24, 2.45) is 0 Å². The molecule has 1 radical (unpaired) electrons. The van der Waals surface area contributed by atoms with Crippen molar-refractivity contribution in [2.75, 3.05) is 0 Å². The first-order chi connectivity index (χ1) is 5.38. The SMILES string of the molecule is O=c1o[c]nc2ccccc12. The molecule has 0 aliphatic heterocycles. The number of rotatable bonds is 0. The van der Waals surface area contributed by atoms with E-state index in [2.05, 4.69) is 15.8 Å². The zero-order valence-corrected chi connectivity index (χ0v) is 5.57. The summed E-state index contributed by atoms with van der Waals surface area (Å²) in [6, 6.07) is 6.98. The summed E-state index contributed by atoms with van der Waals surface area (Å²) in [4.78, 5) is 14.7. The highest BCUT2D eigenvalue weighted by atomic mass is 16.4. The molecule has 1 aromatic carbocycles. The van der Waals surface area contributed by atoms with Gasteiger partial charge < -0.3 is 4.42 Å². The number of hydrogen-bond acceptors (Lipinski definition) is 3. The number of aromatic nitrogens is 1. The lowest BCUT2D eigenvalue weighted by atomic mass is 10.2. The van der Waals surface area contributed by atoms with Gasteiger partial charge in [0, 0.05) is 0 Å². The zero-order chi connectivity index (χ0) is 7.68. The number of hydrogen-bond donors (Lipinski definition) is 0. The van der Waals surface area contributed by atoms with E-state index in [-0.39, 0.29) is 0 Å². The lowest BCUT2D eigenvalue weighted by Gasteiger charge is -1.89. The number of fused-ring (bicyclic) bond motifs is 1. The second-order valence-corrected chi connectivity index (χ2v) is 2.11. The van der Waals surface area contributed by atoms with Crippen molar-refractivity contribution in [3.63, 3.8) is 0 Å². The molecule has 0 aliphatic carbocycles. The minimum absolute atomic E-state index is 0.393. The summed E-state index contributed by atoms with van der Waals surface area (Å²) in [5.74, 6) is 0. The summed E-state index contributed by atoms with van der Waals surface area (Å²) in [6.45, 7) is 0. The predicted octanol–water partition coefficient (Wildman–Crippen LogP) is 0.988. The molecule has 1 aromatic heterocycles. The molecule has 3 heteroatoms. The highest BCUT2D eigenvalue weighted by Gasteiger charge is 1.96. The minimum Gasteiger partial charge on any atom is -0.398 e. The van der Waals surface area contributed by atoms with E-state index < -0.39 is 5.63 Å². The molecule has 1 heterocycles. The third kappa shape index (κ3) is 0.902. The third-order valence-corrected chi connectivity index (χ3v) is 1.43. The van der Waals surface area contributed by atoms with E-state index >= 15 is 0 Å². The van der Waals surface area contributed by atoms with Crippen molar-refractivity contribution >= 4 is 10.9 Å². The second-order valence-electron chi connectivity index (χ2n) is 2.11. The summed E-state index contributed by atoms with van der Waals surface area (Å²) >= 11 is 0. The molecule has 0 bridgehead atoms. The Labute approximate surface area is 62.3 Å². The fraction of sp³-hybridized carbons (Fsp3) is 0. The van der Waals surface area contributed by atoms with Gasteiger partial charge in [0.1, 0.15) is 0 Å². The average molecular weight is 146 g/mol. The fourth-order valence-corrected chi connectivity index (χ4v) is 0.912. The van der Waals surface area contributed by atoms with Gasteiger partial charge >= 0.3 is 5.63 Å². The van der Waals surface area contributed by atoms with Crippen LogP contribution in [0.3, 0.4) is 0 Å². The molecular weight excluding hydrogens is 142 g/mol. The Morgan fingerprint density at radius 3 is 3.00 bits per heavy atom. The molecule has 0 saturated heterocycles. The van der Waals surface area contributed by atoms with Gasteiger partial charge in [-0.15, -0.1) is 0 Å². The van der Waals surface area contributed by atoms with Crippen LogP contribution >= 0.6 is 0 Å². The summed E-state index contributed by atoms with van der Waals surface area (Å²) in [6.07, 6.45) is 2.17. The Hall–Kier alpha value is -1.64. The maximum atomic E-state index is 10.9. The average Bonchev–Trinajstić information content (AvgIpc) is 2.06. The normalized spacial score (nSPS) is 10.2. The van der Waals surface area contributed by atoms with Crippen molar-refractivity contribution < 1.29 is 4.42 Å². The first-order valence-corrected chi connectivity index (χ1v) is 3.14. The van der Waals surface area contributed by atoms with E-state index in [1.54, 1.807) is 18.2 Å². The van der Waals surface area contributed by atoms with Gasteiger partial charge in [0.25, 0.3) is 6.39 Å². The van der Waals surface area contributed by atoms with Gasteiger partial charge in [-0.1, -0.05) is 12.1 Å². The smallest absolute Gasteiger partial charge is 0.347 e. The van der Waals surface area contributed by atoms with Crippen LogP contribution in [0.4, 0.5) is 0 Å². The Morgan fingerprint density at radius 1 is 1.36 bits per heavy atom. The zero-order valence-electron chi connectivity index (χ0n) is 5.57. The molecule has 3 nitrogen and oxygen atoms in total. The highest BCUT2D eigenvalue weighted by Crippen LogP contribution is 2.03. The van der Waals surface area contributed by atoms with Crippen LogP contribution in [0.2, 0.25) is 0 Å². The van der Waals surface area contributed by atoms with Crippen LogP contribution in [-0.4, -0.2) is 4.98 Å². The van der Waals surface area contributed by atoms with Crippen LogP contribution in [0.1, 0.15) is 0 Å². The standard InChI is InChI=1S/C8H4NO2/c10-8-6-3-1-2-4-7(6)9-5-11-8/h1-4H. The van der Waals surface area contributed by atoms with E-state index in [0.717, 1.165) is 0 Å². The van der Waals surface area contributed by atoms with Gasteiger partial charge in [0.05, 0.1) is 10.9 Å². The third-order valence-electron chi connectivity index (χ3n) is 1.43. The Balaban J connectivity index is 3.03. The lowest BCUT2D eigenvalue weighted by Crippen LogP contribution is -1.99. The monoisotopic (exact) mass is 146 g/mol. The van der Waals surface area contributed by atoms with Crippen molar-refractivity contribution in [1.29, 1.82) is 0 Å². The molecule has 0 aliphatic rings. The van der Waals surface area contributed by atoms with Gasteiger partial charge in [-0.2, -0.15) is 0 Å². The predicted molar refractivity (Wildman–Crippen MR) is 39.1 cm³/mol. The summed E-state index contributed by atoms with van der Waals surface area (Å²) < 4.78 is 4.45. The van der Waals surface area contributed by atoms with Crippen LogP contribution in [0.5, 0.6) is 0 Å². The van der Waals surface area contributed by atoms with Crippen molar-refractivity contribution in [1.82, 2.24) is 4.98 Å². The van der Waals surface area contributed by atoms with Gasteiger partial charge in [-0.25, -0.2) is 9.78 Å². The molecule has 0 fully saturated rings. The molecule has 0 saturated carbocycles. The van der Waals surface area contributed by atoms with E-state index in [1.165, 1.54) is 0 Å². The Kier molecular flexibility index (Phi) is 1.22. The minimum atomic E-state index is -0.393. The van der Waals surface area contributed by atoms with E-state index in [1.807, 2.05) is 6.07 Å². The molecule has 0 atom stereocenters.